The molecular formula is C19H21ClN2OS. The van der Waals surface area contributed by atoms with Crippen molar-refractivity contribution in [2.24, 2.45) is 0 Å². The lowest BCUT2D eigenvalue weighted by atomic mass is 10.2. The van der Waals surface area contributed by atoms with Crippen LogP contribution in [0.15, 0.2) is 42.5 Å². The van der Waals surface area contributed by atoms with E-state index in [9.17, 15) is 0 Å². The Balaban J connectivity index is 1.67. The highest BCUT2D eigenvalue weighted by atomic mass is 35.5. The quantitative estimate of drug-likeness (QED) is 0.568. The number of nitrogens with zero attached hydrogens (tertiary/aromatic N) is 2. The third-order valence-corrected chi connectivity index (χ3v) is 5.34. The lowest BCUT2D eigenvalue weighted by Crippen LogP contribution is -2.27. The molecule has 1 heterocycles. The SMILES string of the molecule is CCN(CC)CCOc1ccc(-c2nc3cc(Cl)ccc3s2)cc1. The van der Waals surface area contributed by atoms with E-state index < -0.39 is 0 Å². The number of likely N-dealkylation sites (N-methyl/N-ethyl adjacent to an activating group) is 1. The number of ether oxygens (including phenoxy) is 1. The molecule has 0 aliphatic heterocycles. The molecule has 1 aromatic heterocycles. The highest BCUT2D eigenvalue weighted by molar-refractivity contribution is 7.21. The van der Waals surface area contributed by atoms with Gasteiger partial charge in [-0.05, 0) is 55.6 Å². The molecule has 0 unspecified atom stereocenters. The van der Waals surface area contributed by atoms with Gasteiger partial charge in [0.1, 0.15) is 17.4 Å². The van der Waals surface area contributed by atoms with Gasteiger partial charge in [0.25, 0.3) is 0 Å². The van der Waals surface area contributed by atoms with E-state index in [1.807, 2.05) is 30.3 Å². The van der Waals surface area contributed by atoms with Crippen molar-refractivity contribution in [1.82, 2.24) is 9.88 Å². The Morgan fingerprint density at radius 1 is 1.08 bits per heavy atom. The molecule has 0 bridgehead atoms. The molecule has 0 saturated heterocycles. The Labute approximate surface area is 151 Å². The Morgan fingerprint density at radius 3 is 2.54 bits per heavy atom. The monoisotopic (exact) mass is 360 g/mol. The Bertz CT molecular complexity index is 797. The van der Waals surface area contributed by atoms with Crippen LogP contribution in [0.5, 0.6) is 5.75 Å². The van der Waals surface area contributed by atoms with E-state index in [2.05, 4.69) is 35.9 Å². The van der Waals surface area contributed by atoms with E-state index in [1.54, 1.807) is 11.3 Å². The first-order valence-electron chi connectivity index (χ1n) is 8.21. The predicted octanol–water partition coefficient (Wildman–Crippen LogP) is 5.34. The fourth-order valence-electron chi connectivity index (χ4n) is 2.55. The third-order valence-electron chi connectivity index (χ3n) is 4.02. The van der Waals surface area contributed by atoms with Gasteiger partial charge in [0, 0.05) is 17.1 Å². The van der Waals surface area contributed by atoms with Crippen molar-refractivity contribution in [3.05, 3.63) is 47.5 Å². The summed E-state index contributed by atoms with van der Waals surface area (Å²) in [5, 5.41) is 1.72. The molecule has 0 spiro atoms. The number of fused-ring (bicyclic) bond motifs is 1. The number of rotatable bonds is 7. The summed E-state index contributed by atoms with van der Waals surface area (Å²) in [5.74, 6) is 0.898. The van der Waals surface area contributed by atoms with Crippen molar-refractivity contribution in [2.75, 3.05) is 26.2 Å². The van der Waals surface area contributed by atoms with E-state index in [1.165, 1.54) is 0 Å². The maximum atomic E-state index is 6.03. The number of hydrogen-bond acceptors (Lipinski definition) is 4. The molecular weight excluding hydrogens is 340 g/mol. The topological polar surface area (TPSA) is 25.4 Å². The van der Waals surface area contributed by atoms with E-state index >= 15 is 0 Å². The van der Waals surface area contributed by atoms with Gasteiger partial charge in [0.2, 0.25) is 0 Å². The van der Waals surface area contributed by atoms with Crippen LogP contribution in [0, 0.1) is 0 Å². The summed E-state index contributed by atoms with van der Waals surface area (Å²) in [6, 6.07) is 14.0. The number of thiazole rings is 1. The van der Waals surface area contributed by atoms with Crippen LogP contribution in [-0.2, 0) is 0 Å². The van der Waals surface area contributed by atoms with Gasteiger partial charge in [0.15, 0.2) is 0 Å². The van der Waals surface area contributed by atoms with Crippen molar-refractivity contribution in [3.63, 3.8) is 0 Å². The van der Waals surface area contributed by atoms with Crippen LogP contribution in [-0.4, -0.2) is 36.1 Å². The lowest BCUT2D eigenvalue weighted by molar-refractivity contribution is 0.223. The maximum absolute atomic E-state index is 6.03. The first-order chi connectivity index (χ1) is 11.7. The van der Waals surface area contributed by atoms with Crippen molar-refractivity contribution in [3.8, 4) is 16.3 Å². The van der Waals surface area contributed by atoms with Gasteiger partial charge in [-0.2, -0.15) is 0 Å². The second-order valence-corrected chi connectivity index (χ2v) is 7.00. The normalized spacial score (nSPS) is 11.3. The third kappa shape index (κ3) is 4.07. The van der Waals surface area contributed by atoms with Crippen LogP contribution in [0.4, 0.5) is 0 Å². The van der Waals surface area contributed by atoms with Crippen LogP contribution in [0.25, 0.3) is 20.8 Å². The van der Waals surface area contributed by atoms with Gasteiger partial charge < -0.3 is 9.64 Å². The number of hydrogen-bond donors (Lipinski definition) is 0. The largest absolute Gasteiger partial charge is 0.492 e. The molecule has 5 heteroatoms. The Morgan fingerprint density at radius 2 is 1.83 bits per heavy atom. The van der Waals surface area contributed by atoms with E-state index in [4.69, 9.17) is 16.3 Å². The van der Waals surface area contributed by atoms with Gasteiger partial charge in [-0.1, -0.05) is 25.4 Å². The second-order valence-electron chi connectivity index (χ2n) is 5.53. The van der Waals surface area contributed by atoms with Gasteiger partial charge in [0.05, 0.1) is 10.2 Å². The molecule has 0 aliphatic rings. The maximum Gasteiger partial charge on any atom is 0.124 e. The van der Waals surface area contributed by atoms with Gasteiger partial charge >= 0.3 is 0 Å². The molecule has 3 rings (SSSR count). The van der Waals surface area contributed by atoms with Crippen molar-refractivity contribution in [1.29, 1.82) is 0 Å². The molecule has 0 atom stereocenters. The molecule has 3 nitrogen and oxygen atoms in total. The molecule has 0 aliphatic carbocycles. The zero-order valence-electron chi connectivity index (χ0n) is 14.0. The molecule has 0 saturated carbocycles. The minimum absolute atomic E-state index is 0.709. The minimum Gasteiger partial charge on any atom is -0.492 e. The Kier molecular flexibility index (Phi) is 5.72. The number of benzene rings is 2. The summed E-state index contributed by atoms with van der Waals surface area (Å²) in [6.45, 7) is 8.11. The first kappa shape index (κ1) is 17.2. The fourth-order valence-corrected chi connectivity index (χ4v) is 3.67. The van der Waals surface area contributed by atoms with E-state index in [-0.39, 0.29) is 0 Å². The van der Waals surface area contributed by atoms with Crippen molar-refractivity contribution in [2.45, 2.75) is 13.8 Å². The lowest BCUT2D eigenvalue weighted by Gasteiger charge is -2.18. The van der Waals surface area contributed by atoms with Crippen LogP contribution in [0.1, 0.15) is 13.8 Å². The molecule has 24 heavy (non-hydrogen) atoms. The fraction of sp³-hybridized carbons (Fsp3) is 0.316. The van der Waals surface area contributed by atoms with Crippen molar-refractivity contribution < 1.29 is 4.74 Å². The summed E-state index contributed by atoms with van der Waals surface area (Å²) in [4.78, 5) is 7.02. The highest BCUT2D eigenvalue weighted by Crippen LogP contribution is 2.32. The van der Waals surface area contributed by atoms with Gasteiger partial charge in [-0.15, -0.1) is 11.3 Å². The molecule has 3 aromatic rings. The smallest absolute Gasteiger partial charge is 0.124 e. The van der Waals surface area contributed by atoms with Gasteiger partial charge in [-0.25, -0.2) is 4.98 Å². The molecule has 0 amide bonds. The van der Waals surface area contributed by atoms with Crippen LogP contribution in [0.2, 0.25) is 5.02 Å². The molecule has 0 N–H and O–H groups in total. The van der Waals surface area contributed by atoms with Crippen LogP contribution >= 0.6 is 22.9 Å². The zero-order chi connectivity index (χ0) is 16.9. The minimum atomic E-state index is 0.709. The molecule has 2 aromatic carbocycles. The van der Waals surface area contributed by atoms with Crippen LogP contribution < -0.4 is 4.74 Å². The average molecular weight is 361 g/mol. The molecule has 126 valence electrons. The average Bonchev–Trinajstić information content (AvgIpc) is 3.02. The van der Waals surface area contributed by atoms with E-state index in [0.717, 1.165) is 51.2 Å². The summed E-state index contributed by atoms with van der Waals surface area (Å²) in [7, 11) is 0. The summed E-state index contributed by atoms with van der Waals surface area (Å²) < 4.78 is 6.98. The van der Waals surface area contributed by atoms with Gasteiger partial charge in [-0.3, -0.25) is 0 Å². The number of aromatic nitrogens is 1. The molecule has 0 fully saturated rings. The zero-order valence-corrected chi connectivity index (χ0v) is 15.5. The first-order valence-corrected chi connectivity index (χ1v) is 9.40. The van der Waals surface area contributed by atoms with Crippen molar-refractivity contribution >= 4 is 33.2 Å². The highest BCUT2D eigenvalue weighted by Gasteiger charge is 2.07. The predicted molar refractivity (Wildman–Crippen MR) is 103 cm³/mol. The number of halogens is 1. The summed E-state index contributed by atoms with van der Waals surface area (Å²) in [6.07, 6.45) is 0. The standard InChI is InChI=1S/C19H21ClN2OS/c1-3-22(4-2)11-12-23-16-8-5-14(6-9-16)19-21-17-13-15(20)7-10-18(17)24-19/h5-10,13H,3-4,11-12H2,1-2H3. The second kappa shape index (κ2) is 7.97. The Hall–Kier alpha value is -1.62. The van der Waals surface area contributed by atoms with E-state index in [0.29, 0.717) is 6.61 Å². The molecule has 0 radical (unpaired) electrons. The van der Waals surface area contributed by atoms with Crippen LogP contribution in [0.3, 0.4) is 0 Å². The summed E-state index contributed by atoms with van der Waals surface area (Å²) >= 11 is 7.71. The summed E-state index contributed by atoms with van der Waals surface area (Å²) in [5.41, 5.74) is 2.05.